The number of hydrogen-bond acceptors (Lipinski definition) is 4. The summed E-state index contributed by atoms with van der Waals surface area (Å²) in [4.78, 5) is 12.8. The van der Waals surface area contributed by atoms with Gasteiger partial charge in [-0.25, -0.2) is 0 Å². The summed E-state index contributed by atoms with van der Waals surface area (Å²) < 4.78 is 56.9. The first kappa shape index (κ1) is 22.1. The molecule has 30 heavy (non-hydrogen) atoms. The summed E-state index contributed by atoms with van der Waals surface area (Å²) in [6.45, 7) is 5.06. The first-order valence-corrected chi connectivity index (χ1v) is 9.56. The van der Waals surface area contributed by atoms with Crippen molar-refractivity contribution in [3.05, 3.63) is 59.7 Å². The van der Waals surface area contributed by atoms with Crippen LogP contribution in [-0.2, 0) is 20.4 Å². The van der Waals surface area contributed by atoms with E-state index >= 15 is 0 Å². The molecule has 2 aromatic rings. The van der Waals surface area contributed by atoms with Crippen LogP contribution in [0.3, 0.4) is 0 Å². The van der Waals surface area contributed by atoms with E-state index in [1.807, 2.05) is 30.3 Å². The van der Waals surface area contributed by atoms with E-state index in [9.17, 15) is 18.0 Å². The molecule has 1 amide bonds. The van der Waals surface area contributed by atoms with Crippen LogP contribution in [0.1, 0.15) is 38.2 Å². The molecular formula is C22H24F3NO4. The molecule has 0 spiro atoms. The summed E-state index contributed by atoms with van der Waals surface area (Å²) in [6, 6.07) is 12.7. The fourth-order valence-electron chi connectivity index (χ4n) is 3.01. The first-order valence-electron chi connectivity index (χ1n) is 9.56. The summed E-state index contributed by atoms with van der Waals surface area (Å²) in [6.07, 6.45) is -5.62. The standard InChI is InChI=1S/C22H24F3NO4/c1-14(2)30-18-10-9-16(11-17(18)22(23,24)25)26-20(27)21(3)12-28-19(29-13-21)15-7-5-4-6-8-15/h4-11,14,19H,12-13H2,1-3H3,(H,26,27). The zero-order valence-corrected chi connectivity index (χ0v) is 17.0. The summed E-state index contributed by atoms with van der Waals surface area (Å²) >= 11 is 0. The second kappa shape index (κ2) is 8.65. The summed E-state index contributed by atoms with van der Waals surface area (Å²) in [5.74, 6) is -0.767. The molecule has 1 aliphatic heterocycles. The van der Waals surface area contributed by atoms with Crippen LogP contribution in [0, 0.1) is 5.41 Å². The molecule has 1 fully saturated rings. The monoisotopic (exact) mass is 423 g/mol. The molecule has 0 atom stereocenters. The Labute approximate surface area is 173 Å². The van der Waals surface area contributed by atoms with Gasteiger partial charge in [-0.05, 0) is 39.0 Å². The van der Waals surface area contributed by atoms with Crippen molar-refractivity contribution in [3.8, 4) is 5.75 Å². The SMILES string of the molecule is CC(C)Oc1ccc(NC(=O)C2(C)COC(c3ccccc3)OC2)cc1C(F)(F)F. The Morgan fingerprint density at radius 1 is 1.13 bits per heavy atom. The molecule has 2 aromatic carbocycles. The van der Waals surface area contributed by atoms with Gasteiger partial charge in [-0.1, -0.05) is 30.3 Å². The van der Waals surface area contributed by atoms with E-state index in [2.05, 4.69) is 5.32 Å². The predicted octanol–water partition coefficient (Wildman–Crippen LogP) is 5.18. The minimum atomic E-state index is -4.62. The molecule has 3 rings (SSSR count). The number of halogens is 3. The van der Waals surface area contributed by atoms with Crippen molar-refractivity contribution < 1.29 is 32.2 Å². The largest absolute Gasteiger partial charge is 0.490 e. The number of anilines is 1. The maximum Gasteiger partial charge on any atom is 0.420 e. The number of alkyl halides is 3. The van der Waals surface area contributed by atoms with E-state index in [0.29, 0.717) is 0 Å². The lowest BCUT2D eigenvalue weighted by Crippen LogP contribution is -2.45. The fourth-order valence-corrected chi connectivity index (χ4v) is 3.01. The smallest absolute Gasteiger partial charge is 0.420 e. The van der Waals surface area contributed by atoms with E-state index in [-0.39, 0.29) is 24.7 Å². The zero-order chi connectivity index (χ0) is 21.9. The number of rotatable bonds is 5. The molecule has 162 valence electrons. The molecule has 1 saturated heterocycles. The summed E-state index contributed by atoms with van der Waals surface area (Å²) in [5.41, 5.74) is -1.14. The Kier molecular flexibility index (Phi) is 6.38. The van der Waals surface area contributed by atoms with Crippen LogP contribution in [0.15, 0.2) is 48.5 Å². The molecule has 1 aliphatic rings. The lowest BCUT2D eigenvalue weighted by molar-refractivity contribution is -0.226. The zero-order valence-electron chi connectivity index (χ0n) is 17.0. The van der Waals surface area contributed by atoms with Gasteiger partial charge in [0.05, 0.1) is 30.3 Å². The predicted molar refractivity (Wildman–Crippen MR) is 105 cm³/mol. The van der Waals surface area contributed by atoms with Gasteiger partial charge in [0, 0.05) is 11.3 Å². The minimum Gasteiger partial charge on any atom is -0.490 e. The van der Waals surface area contributed by atoms with E-state index < -0.39 is 35.5 Å². The third-order valence-corrected chi connectivity index (χ3v) is 4.63. The van der Waals surface area contributed by atoms with Crippen molar-refractivity contribution >= 4 is 11.6 Å². The molecular weight excluding hydrogens is 399 g/mol. The van der Waals surface area contributed by atoms with Crippen LogP contribution in [0.5, 0.6) is 5.75 Å². The van der Waals surface area contributed by atoms with Gasteiger partial charge < -0.3 is 19.5 Å². The van der Waals surface area contributed by atoms with E-state index in [4.69, 9.17) is 14.2 Å². The Morgan fingerprint density at radius 2 is 1.77 bits per heavy atom. The number of nitrogens with one attached hydrogen (secondary N) is 1. The number of benzene rings is 2. The fraction of sp³-hybridized carbons (Fsp3) is 0.409. The van der Waals surface area contributed by atoms with Gasteiger partial charge in [-0.2, -0.15) is 13.2 Å². The molecule has 1 N–H and O–H groups in total. The van der Waals surface area contributed by atoms with Gasteiger partial charge in [-0.15, -0.1) is 0 Å². The molecule has 0 radical (unpaired) electrons. The van der Waals surface area contributed by atoms with Crippen LogP contribution < -0.4 is 10.1 Å². The van der Waals surface area contributed by atoms with Gasteiger partial charge in [0.2, 0.25) is 5.91 Å². The molecule has 0 unspecified atom stereocenters. The Hall–Kier alpha value is -2.58. The van der Waals surface area contributed by atoms with Crippen molar-refractivity contribution in [2.45, 2.75) is 39.3 Å². The highest BCUT2D eigenvalue weighted by molar-refractivity contribution is 5.95. The Bertz CT molecular complexity index is 876. The Morgan fingerprint density at radius 3 is 2.33 bits per heavy atom. The molecule has 1 heterocycles. The van der Waals surface area contributed by atoms with Crippen LogP contribution in [0.4, 0.5) is 18.9 Å². The number of carbonyl (C=O) groups is 1. The third kappa shape index (κ3) is 5.12. The lowest BCUT2D eigenvalue weighted by atomic mass is 9.90. The van der Waals surface area contributed by atoms with Crippen molar-refractivity contribution in [1.29, 1.82) is 0 Å². The van der Waals surface area contributed by atoms with Crippen molar-refractivity contribution in [2.24, 2.45) is 5.41 Å². The van der Waals surface area contributed by atoms with Crippen molar-refractivity contribution in [3.63, 3.8) is 0 Å². The maximum absolute atomic E-state index is 13.4. The van der Waals surface area contributed by atoms with Gasteiger partial charge in [0.1, 0.15) is 5.75 Å². The van der Waals surface area contributed by atoms with Crippen LogP contribution in [0.25, 0.3) is 0 Å². The van der Waals surface area contributed by atoms with Gasteiger partial charge in [-0.3, -0.25) is 4.79 Å². The molecule has 0 aromatic heterocycles. The highest BCUT2D eigenvalue weighted by Gasteiger charge is 2.40. The van der Waals surface area contributed by atoms with Crippen LogP contribution >= 0.6 is 0 Å². The van der Waals surface area contributed by atoms with Crippen LogP contribution in [0.2, 0.25) is 0 Å². The van der Waals surface area contributed by atoms with Gasteiger partial charge in [0.25, 0.3) is 0 Å². The number of hydrogen-bond donors (Lipinski definition) is 1. The molecule has 0 saturated carbocycles. The number of ether oxygens (including phenoxy) is 3. The van der Waals surface area contributed by atoms with Gasteiger partial charge in [0.15, 0.2) is 6.29 Å². The molecule has 0 aliphatic carbocycles. The Balaban J connectivity index is 1.71. The third-order valence-electron chi connectivity index (χ3n) is 4.63. The van der Waals surface area contributed by atoms with E-state index in [0.717, 1.165) is 11.6 Å². The van der Waals surface area contributed by atoms with E-state index in [1.165, 1.54) is 12.1 Å². The molecule has 0 bridgehead atoms. The molecule has 5 nitrogen and oxygen atoms in total. The average molecular weight is 423 g/mol. The summed E-state index contributed by atoms with van der Waals surface area (Å²) in [5, 5.41) is 2.55. The quantitative estimate of drug-likeness (QED) is 0.720. The number of carbonyl (C=O) groups excluding carboxylic acids is 1. The highest BCUT2D eigenvalue weighted by Crippen LogP contribution is 2.39. The normalized spacial score (nSPS) is 22.0. The number of amides is 1. The second-order valence-electron chi connectivity index (χ2n) is 7.75. The second-order valence-corrected chi connectivity index (χ2v) is 7.75. The lowest BCUT2D eigenvalue weighted by Gasteiger charge is -2.36. The minimum absolute atomic E-state index is 0.0230. The maximum atomic E-state index is 13.4. The van der Waals surface area contributed by atoms with Crippen LogP contribution in [-0.4, -0.2) is 25.2 Å². The van der Waals surface area contributed by atoms with Gasteiger partial charge >= 0.3 is 6.18 Å². The van der Waals surface area contributed by atoms with E-state index in [1.54, 1.807) is 20.8 Å². The highest BCUT2D eigenvalue weighted by atomic mass is 19.4. The summed E-state index contributed by atoms with van der Waals surface area (Å²) in [7, 11) is 0. The van der Waals surface area contributed by atoms with Crippen molar-refractivity contribution in [2.75, 3.05) is 18.5 Å². The topological polar surface area (TPSA) is 56.8 Å². The first-order chi connectivity index (χ1) is 14.1. The average Bonchev–Trinajstić information content (AvgIpc) is 2.69. The molecule has 8 heteroatoms. The van der Waals surface area contributed by atoms with Crippen molar-refractivity contribution in [1.82, 2.24) is 0 Å².